The van der Waals surface area contributed by atoms with Gasteiger partial charge in [-0.2, -0.15) is 0 Å². The lowest BCUT2D eigenvalue weighted by molar-refractivity contribution is -0.118. The molecule has 1 fully saturated rings. The molecule has 4 heteroatoms. The maximum absolute atomic E-state index is 12.6. The van der Waals surface area contributed by atoms with E-state index < -0.39 is 0 Å². The number of amides is 2. The van der Waals surface area contributed by atoms with E-state index in [4.69, 9.17) is 0 Å². The van der Waals surface area contributed by atoms with Crippen molar-refractivity contribution in [2.24, 2.45) is 0 Å². The van der Waals surface area contributed by atoms with Crippen LogP contribution in [-0.2, 0) is 15.0 Å². The first-order valence-electron chi connectivity index (χ1n) is 7.35. The van der Waals surface area contributed by atoms with Gasteiger partial charge in [-0.05, 0) is 42.7 Å². The minimum atomic E-state index is -0.377. The molecule has 1 aliphatic carbocycles. The second kappa shape index (κ2) is 5.64. The van der Waals surface area contributed by atoms with Crippen molar-refractivity contribution in [2.45, 2.75) is 25.2 Å². The van der Waals surface area contributed by atoms with Crippen LogP contribution in [0.1, 0.15) is 25.3 Å². The van der Waals surface area contributed by atoms with E-state index in [1.165, 1.54) is 6.92 Å². The Balaban J connectivity index is 1.71. The number of rotatable bonds is 4. The van der Waals surface area contributed by atoms with Crippen LogP contribution in [0.5, 0.6) is 0 Å². The fraction of sp³-hybridized carbons (Fsp3) is 0.222. The molecule has 0 saturated heterocycles. The van der Waals surface area contributed by atoms with Gasteiger partial charge in [0.2, 0.25) is 11.8 Å². The Bertz CT molecular complexity index is 689. The van der Waals surface area contributed by atoms with Crippen molar-refractivity contribution in [1.82, 2.24) is 0 Å². The Hall–Kier alpha value is -2.62. The average Bonchev–Trinajstić information content (AvgIpc) is 3.31. The standard InChI is InChI=1S/C18H18N2O2/c1-13(21)19-15-7-9-16(10-8-15)20-17(22)18(11-12-18)14-5-3-2-4-6-14/h2-10H,11-12H2,1H3,(H,19,21)(H,20,22). The van der Waals surface area contributed by atoms with Crippen LogP contribution in [0.3, 0.4) is 0 Å². The van der Waals surface area contributed by atoms with Crippen molar-refractivity contribution in [3.05, 3.63) is 60.2 Å². The lowest BCUT2D eigenvalue weighted by Gasteiger charge is -2.16. The van der Waals surface area contributed by atoms with Crippen LogP contribution < -0.4 is 10.6 Å². The Kier molecular flexibility index (Phi) is 3.67. The molecule has 0 unspecified atom stereocenters. The van der Waals surface area contributed by atoms with E-state index in [1.54, 1.807) is 24.3 Å². The minimum Gasteiger partial charge on any atom is -0.326 e. The SMILES string of the molecule is CC(=O)Nc1ccc(NC(=O)C2(c3ccccc3)CC2)cc1. The van der Waals surface area contributed by atoms with Crippen LogP contribution in [-0.4, -0.2) is 11.8 Å². The first kappa shape index (κ1) is 14.3. The fourth-order valence-corrected chi connectivity index (χ4v) is 2.62. The molecule has 112 valence electrons. The van der Waals surface area contributed by atoms with Crippen molar-refractivity contribution >= 4 is 23.2 Å². The van der Waals surface area contributed by atoms with Crippen LogP contribution in [0.15, 0.2) is 54.6 Å². The van der Waals surface area contributed by atoms with Gasteiger partial charge in [-0.15, -0.1) is 0 Å². The van der Waals surface area contributed by atoms with Crippen molar-refractivity contribution in [3.63, 3.8) is 0 Å². The summed E-state index contributed by atoms with van der Waals surface area (Å²) in [6.45, 7) is 1.46. The fourth-order valence-electron chi connectivity index (χ4n) is 2.62. The second-order valence-electron chi connectivity index (χ2n) is 5.66. The van der Waals surface area contributed by atoms with Crippen molar-refractivity contribution in [2.75, 3.05) is 10.6 Å². The molecule has 1 aliphatic rings. The zero-order chi connectivity index (χ0) is 15.6. The second-order valence-corrected chi connectivity index (χ2v) is 5.66. The van der Waals surface area contributed by atoms with E-state index in [0.29, 0.717) is 0 Å². The maximum Gasteiger partial charge on any atom is 0.235 e. The van der Waals surface area contributed by atoms with Gasteiger partial charge in [0.1, 0.15) is 0 Å². The highest BCUT2D eigenvalue weighted by Crippen LogP contribution is 2.48. The third kappa shape index (κ3) is 2.86. The zero-order valence-electron chi connectivity index (χ0n) is 12.4. The smallest absolute Gasteiger partial charge is 0.235 e. The molecular formula is C18H18N2O2. The van der Waals surface area contributed by atoms with Gasteiger partial charge in [-0.25, -0.2) is 0 Å². The average molecular weight is 294 g/mol. The van der Waals surface area contributed by atoms with E-state index in [2.05, 4.69) is 10.6 Å². The van der Waals surface area contributed by atoms with E-state index in [0.717, 1.165) is 29.8 Å². The number of anilines is 2. The molecule has 0 bridgehead atoms. The van der Waals surface area contributed by atoms with Crippen molar-refractivity contribution < 1.29 is 9.59 Å². The molecule has 2 amide bonds. The molecule has 0 heterocycles. The Morgan fingerprint density at radius 3 is 1.91 bits per heavy atom. The van der Waals surface area contributed by atoms with Gasteiger partial charge in [0.05, 0.1) is 5.41 Å². The first-order chi connectivity index (χ1) is 10.6. The molecule has 0 aliphatic heterocycles. The van der Waals surface area contributed by atoms with E-state index in [-0.39, 0.29) is 17.2 Å². The Morgan fingerprint density at radius 1 is 0.864 bits per heavy atom. The zero-order valence-corrected chi connectivity index (χ0v) is 12.4. The molecule has 0 atom stereocenters. The summed E-state index contributed by atoms with van der Waals surface area (Å²) in [7, 11) is 0. The third-order valence-electron chi connectivity index (χ3n) is 3.97. The molecule has 1 saturated carbocycles. The summed E-state index contributed by atoms with van der Waals surface area (Å²) in [5.41, 5.74) is 2.15. The minimum absolute atomic E-state index is 0.0333. The highest BCUT2D eigenvalue weighted by Gasteiger charge is 2.51. The number of hydrogen-bond acceptors (Lipinski definition) is 2. The molecule has 3 rings (SSSR count). The van der Waals surface area contributed by atoms with E-state index >= 15 is 0 Å². The number of carbonyl (C=O) groups is 2. The monoisotopic (exact) mass is 294 g/mol. The van der Waals surface area contributed by atoms with Gasteiger partial charge in [0.15, 0.2) is 0 Å². The molecule has 2 N–H and O–H groups in total. The molecule has 0 radical (unpaired) electrons. The predicted octanol–water partition coefficient (Wildman–Crippen LogP) is 3.32. The summed E-state index contributed by atoms with van der Waals surface area (Å²) in [5, 5.41) is 5.67. The Labute approximate surface area is 129 Å². The van der Waals surface area contributed by atoms with Gasteiger partial charge in [-0.3, -0.25) is 9.59 Å². The normalized spacial score (nSPS) is 15.0. The van der Waals surface area contributed by atoms with Crippen molar-refractivity contribution in [1.29, 1.82) is 0 Å². The summed E-state index contributed by atoms with van der Waals surface area (Å²) in [4.78, 5) is 23.6. The summed E-state index contributed by atoms with van der Waals surface area (Å²) >= 11 is 0. The van der Waals surface area contributed by atoms with Gasteiger partial charge in [-0.1, -0.05) is 30.3 Å². The number of nitrogens with one attached hydrogen (secondary N) is 2. The van der Waals surface area contributed by atoms with Crippen LogP contribution in [0.2, 0.25) is 0 Å². The molecule has 0 spiro atoms. The molecule has 0 aromatic heterocycles. The summed E-state index contributed by atoms with van der Waals surface area (Å²) in [5.74, 6) is -0.0798. The summed E-state index contributed by atoms with van der Waals surface area (Å²) < 4.78 is 0. The molecule has 2 aromatic rings. The summed E-state index contributed by atoms with van der Waals surface area (Å²) in [6, 6.07) is 17.0. The van der Waals surface area contributed by atoms with E-state index in [1.807, 2.05) is 30.3 Å². The lowest BCUT2D eigenvalue weighted by Crippen LogP contribution is -2.27. The molecular weight excluding hydrogens is 276 g/mol. The quantitative estimate of drug-likeness (QED) is 0.909. The number of hydrogen-bond donors (Lipinski definition) is 2. The number of carbonyl (C=O) groups excluding carboxylic acids is 2. The lowest BCUT2D eigenvalue weighted by atomic mass is 9.95. The van der Waals surface area contributed by atoms with Gasteiger partial charge in [0, 0.05) is 18.3 Å². The van der Waals surface area contributed by atoms with Gasteiger partial charge >= 0.3 is 0 Å². The van der Waals surface area contributed by atoms with E-state index in [9.17, 15) is 9.59 Å². The topological polar surface area (TPSA) is 58.2 Å². The Morgan fingerprint density at radius 2 is 1.41 bits per heavy atom. The van der Waals surface area contributed by atoms with Crippen LogP contribution in [0.4, 0.5) is 11.4 Å². The highest BCUT2D eigenvalue weighted by molar-refractivity contribution is 6.01. The van der Waals surface area contributed by atoms with Crippen LogP contribution >= 0.6 is 0 Å². The highest BCUT2D eigenvalue weighted by atomic mass is 16.2. The van der Waals surface area contributed by atoms with Crippen molar-refractivity contribution in [3.8, 4) is 0 Å². The molecule has 22 heavy (non-hydrogen) atoms. The first-order valence-corrected chi connectivity index (χ1v) is 7.35. The maximum atomic E-state index is 12.6. The van der Waals surface area contributed by atoms with Gasteiger partial charge in [0.25, 0.3) is 0 Å². The molecule has 2 aromatic carbocycles. The molecule has 4 nitrogen and oxygen atoms in total. The predicted molar refractivity (Wildman–Crippen MR) is 86.7 cm³/mol. The summed E-state index contributed by atoms with van der Waals surface area (Å²) in [6.07, 6.45) is 1.76. The number of benzene rings is 2. The van der Waals surface area contributed by atoms with Gasteiger partial charge < -0.3 is 10.6 Å². The van der Waals surface area contributed by atoms with Crippen LogP contribution in [0.25, 0.3) is 0 Å². The largest absolute Gasteiger partial charge is 0.326 e. The van der Waals surface area contributed by atoms with Crippen LogP contribution in [0, 0.1) is 0 Å². The third-order valence-corrected chi connectivity index (χ3v) is 3.97.